The Bertz CT molecular complexity index is 207. The first-order valence-corrected chi connectivity index (χ1v) is 4.82. The average molecular weight is 219 g/mol. The van der Waals surface area contributed by atoms with Crippen molar-refractivity contribution >= 4 is 11.9 Å². The van der Waals surface area contributed by atoms with E-state index >= 15 is 0 Å². The van der Waals surface area contributed by atoms with Crippen LogP contribution in [0.5, 0.6) is 0 Å². The first kappa shape index (κ1) is 13.9. The fourth-order valence-corrected chi connectivity index (χ4v) is 0.863. The minimum absolute atomic E-state index is 0.101. The van der Waals surface area contributed by atoms with Crippen molar-refractivity contribution in [2.75, 3.05) is 19.8 Å². The highest BCUT2D eigenvalue weighted by molar-refractivity contribution is 5.83. The van der Waals surface area contributed by atoms with Crippen molar-refractivity contribution in [3.63, 3.8) is 0 Å². The fraction of sp³-hybridized carbons (Fsp3) is 0.778. The molecule has 0 radical (unpaired) electrons. The number of carboxylic acids is 1. The van der Waals surface area contributed by atoms with Gasteiger partial charge in [0, 0.05) is 13.0 Å². The Kier molecular flexibility index (Phi) is 7.57. The van der Waals surface area contributed by atoms with Gasteiger partial charge >= 0.3 is 5.97 Å². The summed E-state index contributed by atoms with van der Waals surface area (Å²) in [6.07, 6.45) is 0.972. The summed E-state index contributed by atoms with van der Waals surface area (Å²) in [5.41, 5.74) is 0. The number of carbonyl (C=O) groups excluding carboxylic acids is 1. The number of aliphatic hydroxyl groups is 1. The molecule has 0 bridgehead atoms. The summed E-state index contributed by atoms with van der Waals surface area (Å²) in [5.74, 6) is -1.69. The molecule has 0 aromatic carbocycles. The number of carboxylic acid groups (broad SMARTS) is 1. The molecule has 0 aliphatic heterocycles. The van der Waals surface area contributed by atoms with Crippen LogP contribution in [0, 0.1) is 0 Å². The number of nitrogens with one attached hydrogen (secondary N) is 1. The van der Waals surface area contributed by atoms with Crippen LogP contribution >= 0.6 is 0 Å². The van der Waals surface area contributed by atoms with E-state index in [0.717, 1.165) is 6.42 Å². The highest BCUT2D eigenvalue weighted by Gasteiger charge is 2.17. The molecular formula is C9H17NO5. The van der Waals surface area contributed by atoms with E-state index in [9.17, 15) is 9.59 Å². The number of aliphatic hydroxyl groups excluding tert-OH is 1. The highest BCUT2D eigenvalue weighted by atomic mass is 16.5. The van der Waals surface area contributed by atoms with Crippen LogP contribution in [-0.4, -0.2) is 48.0 Å². The Hall–Kier alpha value is -1.14. The van der Waals surface area contributed by atoms with Crippen LogP contribution in [0.4, 0.5) is 0 Å². The van der Waals surface area contributed by atoms with E-state index in [1.54, 1.807) is 0 Å². The van der Waals surface area contributed by atoms with Crippen LogP contribution in [0.1, 0.15) is 19.8 Å². The van der Waals surface area contributed by atoms with Crippen molar-refractivity contribution in [1.29, 1.82) is 0 Å². The molecule has 15 heavy (non-hydrogen) atoms. The molecule has 0 rings (SSSR count). The highest BCUT2D eigenvalue weighted by Crippen LogP contribution is 1.88. The molecule has 0 unspecified atom stereocenters. The lowest BCUT2D eigenvalue weighted by atomic mass is 10.3. The van der Waals surface area contributed by atoms with Gasteiger partial charge in [-0.25, -0.2) is 4.79 Å². The summed E-state index contributed by atoms with van der Waals surface area (Å²) in [6, 6.07) is -1.23. The minimum atomic E-state index is -1.25. The van der Waals surface area contributed by atoms with Gasteiger partial charge in [0.15, 0.2) is 0 Å². The molecule has 6 nitrogen and oxygen atoms in total. The zero-order chi connectivity index (χ0) is 11.7. The summed E-state index contributed by atoms with van der Waals surface area (Å²) in [7, 11) is 0. The molecule has 0 aromatic rings. The maximum atomic E-state index is 11.1. The lowest BCUT2D eigenvalue weighted by Gasteiger charge is -2.11. The Balaban J connectivity index is 3.67. The Morgan fingerprint density at radius 1 is 1.40 bits per heavy atom. The number of carbonyl (C=O) groups is 2. The Morgan fingerprint density at radius 2 is 2.07 bits per heavy atom. The van der Waals surface area contributed by atoms with E-state index in [2.05, 4.69) is 5.32 Å². The second-order valence-corrected chi connectivity index (χ2v) is 3.00. The molecule has 0 fully saturated rings. The molecule has 0 saturated heterocycles. The molecule has 0 aromatic heterocycles. The molecule has 0 saturated carbocycles. The number of hydrogen-bond donors (Lipinski definition) is 3. The van der Waals surface area contributed by atoms with E-state index < -0.39 is 24.5 Å². The van der Waals surface area contributed by atoms with Gasteiger partial charge in [0.05, 0.1) is 13.2 Å². The molecule has 88 valence electrons. The van der Waals surface area contributed by atoms with E-state index in [-0.39, 0.29) is 13.0 Å². The number of hydrogen-bond acceptors (Lipinski definition) is 4. The van der Waals surface area contributed by atoms with Gasteiger partial charge in [0.2, 0.25) is 5.91 Å². The van der Waals surface area contributed by atoms with E-state index in [1.807, 2.05) is 6.92 Å². The monoisotopic (exact) mass is 219 g/mol. The molecular weight excluding hydrogens is 202 g/mol. The van der Waals surface area contributed by atoms with Crippen molar-refractivity contribution in [2.45, 2.75) is 25.8 Å². The first-order chi connectivity index (χ1) is 7.11. The topological polar surface area (TPSA) is 95.9 Å². The van der Waals surface area contributed by atoms with Crippen LogP contribution in [0.3, 0.4) is 0 Å². The van der Waals surface area contributed by atoms with Gasteiger partial charge in [-0.15, -0.1) is 0 Å². The maximum absolute atomic E-state index is 11.1. The lowest BCUT2D eigenvalue weighted by Crippen LogP contribution is -2.43. The summed E-state index contributed by atoms with van der Waals surface area (Å²) in [4.78, 5) is 21.6. The average Bonchev–Trinajstić information content (AvgIpc) is 2.20. The van der Waals surface area contributed by atoms with Gasteiger partial charge in [0.1, 0.15) is 6.04 Å². The standard InChI is InChI=1S/C9H17NO5/c1-2-4-15-5-3-8(12)10-7(6-11)9(13)14/h7,11H,2-6H2,1H3,(H,10,12)(H,13,14)/t7-/m0/s1. The molecule has 0 spiro atoms. The number of amides is 1. The van der Waals surface area contributed by atoms with Crippen LogP contribution < -0.4 is 5.32 Å². The molecule has 6 heteroatoms. The largest absolute Gasteiger partial charge is 0.480 e. The van der Waals surface area contributed by atoms with Crippen molar-refractivity contribution < 1.29 is 24.5 Å². The summed E-state index contributed by atoms with van der Waals surface area (Å²) < 4.78 is 5.06. The molecule has 0 heterocycles. The number of rotatable bonds is 8. The van der Waals surface area contributed by atoms with Crippen molar-refractivity contribution in [3.8, 4) is 0 Å². The van der Waals surface area contributed by atoms with Gasteiger partial charge in [-0.3, -0.25) is 4.79 Å². The smallest absolute Gasteiger partial charge is 0.328 e. The first-order valence-electron chi connectivity index (χ1n) is 4.82. The van der Waals surface area contributed by atoms with Gasteiger partial charge < -0.3 is 20.3 Å². The Morgan fingerprint density at radius 3 is 2.53 bits per heavy atom. The fourth-order valence-electron chi connectivity index (χ4n) is 0.863. The van der Waals surface area contributed by atoms with Crippen molar-refractivity contribution in [1.82, 2.24) is 5.32 Å². The third-order valence-electron chi connectivity index (χ3n) is 1.64. The zero-order valence-electron chi connectivity index (χ0n) is 8.73. The van der Waals surface area contributed by atoms with Crippen LogP contribution in [0.2, 0.25) is 0 Å². The normalized spacial score (nSPS) is 12.1. The van der Waals surface area contributed by atoms with Gasteiger partial charge in [-0.2, -0.15) is 0 Å². The number of ether oxygens (including phenoxy) is 1. The number of aliphatic carboxylic acids is 1. The van der Waals surface area contributed by atoms with Crippen LogP contribution in [0.25, 0.3) is 0 Å². The quantitative estimate of drug-likeness (QED) is 0.472. The summed E-state index contributed by atoms with van der Waals surface area (Å²) in [5, 5.41) is 19.3. The van der Waals surface area contributed by atoms with E-state index in [0.29, 0.717) is 6.61 Å². The molecule has 0 aliphatic rings. The van der Waals surface area contributed by atoms with Crippen molar-refractivity contribution in [2.24, 2.45) is 0 Å². The van der Waals surface area contributed by atoms with Crippen LogP contribution in [-0.2, 0) is 14.3 Å². The van der Waals surface area contributed by atoms with Crippen LogP contribution in [0.15, 0.2) is 0 Å². The van der Waals surface area contributed by atoms with Gasteiger partial charge in [-0.1, -0.05) is 6.92 Å². The Labute approximate surface area is 88.2 Å². The predicted molar refractivity (Wildman–Crippen MR) is 52.4 cm³/mol. The molecule has 0 aliphatic carbocycles. The van der Waals surface area contributed by atoms with Gasteiger partial charge in [0.25, 0.3) is 0 Å². The third kappa shape index (κ3) is 6.87. The third-order valence-corrected chi connectivity index (χ3v) is 1.64. The van der Waals surface area contributed by atoms with Crippen molar-refractivity contribution in [3.05, 3.63) is 0 Å². The SMILES string of the molecule is CCCOCCC(=O)N[C@@H](CO)C(=O)O. The van der Waals surface area contributed by atoms with E-state index in [4.69, 9.17) is 14.9 Å². The van der Waals surface area contributed by atoms with Gasteiger partial charge in [-0.05, 0) is 6.42 Å². The lowest BCUT2D eigenvalue weighted by molar-refractivity contribution is -0.143. The molecule has 1 atom stereocenters. The summed E-state index contributed by atoms with van der Waals surface area (Å²) in [6.45, 7) is 2.18. The zero-order valence-corrected chi connectivity index (χ0v) is 8.73. The summed E-state index contributed by atoms with van der Waals surface area (Å²) >= 11 is 0. The second-order valence-electron chi connectivity index (χ2n) is 3.00. The second kappa shape index (κ2) is 8.19. The predicted octanol–water partition coefficient (Wildman–Crippen LogP) is -0.635. The minimum Gasteiger partial charge on any atom is -0.480 e. The molecule has 1 amide bonds. The maximum Gasteiger partial charge on any atom is 0.328 e. The van der Waals surface area contributed by atoms with E-state index in [1.165, 1.54) is 0 Å². The molecule has 3 N–H and O–H groups in total.